The molecule has 1 saturated heterocycles. The largest absolute Gasteiger partial charge is 0.336 e. The molecular formula is C18H28N4O4S. The van der Waals surface area contributed by atoms with Gasteiger partial charge in [0.2, 0.25) is 15.9 Å². The Morgan fingerprint density at radius 1 is 1.07 bits per heavy atom. The Bertz CT molecular complexity index is 800. The van der Waals surface area contributed by atoms with Crippen LogP contribution in [0.25, 0.3) is 0 Å². The van der Waals surface area contributed by atoms with Crippen molar-refractivity contribution in [3.05, 3.63) is 29.3 Å². The highest BCUT2D eigenvalue weighted by atomic mass is 32.2. The molecule has 2 rings (SSSR count). The minimum Gasteiger partial charge on any atom is -0.336 e. The van der Waals surface area contributed by atoms with Crippen molar-refractivity contribution in [1.29, 1.82) is 0 Å². The van der Waals surface area contributed by atoms with Gasteiger partial charge < -0.3 is 5.32 Å². The number of amides is 3. The molecule has 27 heavy (non-hydrogen) atoms. The Labute approximate surface area is 161 Å². The van der Waals surface area contributed by atoms with Crippen LogP contribution in [-0.4, -0.2) is 68.3 Å². The molecule has 0 radical (unpaired) electrons. The Morgan fingerprint density at radius 2 is 1.70 bits per heavy atom. The van der Waals surface area contributed by atoms with Gasteiger partial charge >= 0.3 is 6.03 Å². The van der Waals surface area contributed by atoms with E-state index in [9.17, 15) is 18.0 Å². The first kappa shape index (κ1) is 21.3. The monoisotopic (exact) mass is 396 g/mol. The predicted molar refractivity (Wildman–Crippen MR) is 103 cm³/mol. The Balaban J connectivity index is 1.90. The number of urea groups is 1. The fraction of sp³-hybridized carbons (Fsp3) is 0.556. The molecule has 1 fully saturated rings. The number of nitrogens with one attached hydrogen (secondary N) is 2. The molecule has 0 unspecified atom stereocenters. The highest BCUT2D eigenvalue weighted by Gasteiger charge is 2.29. The summed E-state index contributed by atoms with van der Waals surface area (Å²) in [5, 5.41) is 4.86. The number of hydrogen-bond donors (Lipinski definition) is 2. The lowest BCUT2D eigenvalue weighted by Gasteiger charge is -2.33. The van der Waals surface area contributed by atoms with Gasteiger partial charge in [-0.2, -0.15) is 4.31 Å². The maximum absolute atomic E-state index is 12.8. The van der Waals surface area contributed by atoms with Gasteiger partial charge in [0, 0.05) is 32.2 Å². The molecule has 1 aliphatic heterocycles. The van der Waals surface area contributed by atoms with Gasteiger partial charge in [-0.05, 0) is 51.0 Å². The van der Waals surface area contributed by atoms with E-state index in [-0.39, 0.29) is 12.6 Å². The fourth-order valence-electron chi connectivity index (χ4n) is 2.82. The second-order valence-electron chi connectivity index (χ2n) is 7.10. The molecule has 1 aliphatic rings. The predicted octanol–water partition coefficient (Wildman–Crippen LogP) is 0.844. The number of piperazine rings is 1. The number of benzene rings is 1. The van der Waals surface area contributed by atoms with Crippen LogP contribution in [0.5, 0.6) is 0 Å². The Morgan fingerprint density at radius 3 is 2.26 bits per heavy atom. The Hall–Kier alpha value is -1.97. The van der Waals surface area contributed by atoms with Crippen LogP contribution in [0.15, 0.2) is 23.1 Å². The zero-order valence-corrected chi connectivity index (χ0v) is 17.1. The van der Waals surface area contributed by atoms with Crippen molar-refractivity contribution in [2.45, 2.75) is 38.6 Å². The number of carbonyl (C=O) groups is 2. The van der Waals surface area contributed by atoms with Crippen LogP contribution in [0.2, 0.25) is 0 Å². The van der Waals surface area contributed by atoms with Crippen molar-refractivity contribution < 1.29 is 18.0 Å². The summed E-state index contributed by atoms with van der Waals surface area (Å²) in [6.07, 6.45) is 0. The number of nitrogens with zero attached hydrogens (tertiary/aromatic N) is 2. The average molecular weight is 397 g/mol. The molecule has 0 aromatic heterocycles. The van der Waals surface area contributed by atoms with Crippen LogP contribution >= 0.6 is 0 Å². The number of rotatable bonds is 5. The van der Waals surface area contributed by atoms with E-state index in [4.69, 9.17) is 0 Å². The third kappa shape index (κ3) is 5.75. The highest BCUT2D eigenvalue weighted by Crippen LogP contribution is 2.20. The van der Waals surface area contributed by atoms with Crippen LogP contribution in [0.4, 0.5) is 4.79 Å². The van der Waals surface area contributed by atoms with E-state index in [0.717, 1.165) is 11.1 Å². The van der Waals surface area contributed by atoms with Crippen LogP contribution in [0.3, 0.4) is 0 Å². The molecule has 0 saturated carbocycles. The molecule has 0 bridgehead atoms. The summed E-state index contributed by atoms with van der Waals surface area (Å²) < 4.78 is 27.0. The standard InChI is InChI=1S/C18H28N4O4S/c1-13(2)19-18(24)20-17(23)12-21-7-9-22(10-8-21)27(25,26)16-6-5-14(3)15(4)11-16/h5-6,11,13H,7-10,12H2,1-4H3,(H2,19,20,23,24). The van der Waals surface area contributed by atoms with E-state index in [2.05, 4.69) is 10.6 Å². The summed E-state index contributed by atoms with van der Waals surface area (Å²) in [4.78, 5) is 25.6. The summed E-state index contributed by atoms with van der Waals surface area (Å²) in [5.74, 6) is -0.404. The zero-order chi connectivity index (χ0) is 20.2. The van der Waals surface area contributed by atoms with Gasteiger partial charge in [0.05, 0.1) is 11.4 Å². The van der Waals surface area contributed by atoms with E-state index in [1.54, 1.807) is 26.0 Å². The zero-order valence-electron chi connectivity index (χ0n) is 16.3. The van der Waals surface area contributed by atoms with Crippen LogP contribution < -0.4 is 10.6 Å². The van der Waals surface area contributed by atoms with Crippen molar-refractivity contribution >= 4 is 22.0 Å². The van der Waals surface area contributed by atoms with Gasteiger partial charge in [-0.15, -0.1) is 0 Å². The van der Waals surface area contributed by atoms with Gasteiger partial charge in [0.15, 0.2) is 0 Å². The Kier molecular flexibility index (Phi) is 6.96. The number of sulfonamides is 1. The molecule has 0 atom stereocenters. The van der Waals surface area contributed by atoms with E-state index < -0.39 is 22.0 Å². The van der Waals surface area contributed by atoms with Gasteiger partial charge in [-0.25, -0.2) is 13.2 Å². The molecule has 1 heterocycles. The number of hydrogen-bond acceptors (Lipinski definition) is 5. The molecular weight excluding hydrogens is 368 g/mol. The first-order chi connectivity index (χ1) is 12.6. The number of carbonyl (C=O) groups excluding carboxylic acids is 2. The van der Waals surface area contributed by atoms with E-state index in [1.807, 2.05) is 24.8 Å². The molecule has 150 valence electrons. The summed E-state index contributed by atoms with van der Waals surface area (Å²) >= 11 is 0. The second-order valence-corrected chi connectivity index (χ2v) is 9.04. The van der Waals surface area contributed by atoms with Gasteiger partial charge in [0.1, 0.15) is 0 Å². The molecule has 9 heteroatoms. The molecule has 1 aromatic carbocycles. The van der Waals surface area contributed by atoms with Crippen LogP contribution in [0, 0.1) is 13.8 Å². The first-order valence-corrected chi connectivity index (χ1v) is 10.4. The van der Waals surface area contributed by atoms with Crippen molar-refractivity contribution in [2.24, 2.45) is 0 Å². The van der Waals surface area contributed by atoms with E-state index >= 15 is 0 Å². The van der Waals surface area contributed by atoms with Crippen molar-refractivity contribution in [3.63, 3.8) is 0 Å². The van der Waals surface area contributed by atoms with Crippen molar-refractivity contribution in [2.75, 3.05) is 32.7 Å². The summed E-state index contributed by atoms with van der Waals surface area (Å²) in [7, 11) is -3.54. The third-order valence-corrected chi connectivity index (χ3v) is 6.38. The lowest BCUT2D eigenvalue weighted by atomic mass is 10.1. The van der Waals surface area contributed by atoms with E-state index in [0.29, 0.717) is 31.1 Å². The molecule has 0 aliphatic carbocycles. The third-order valence-electron chi connectivity index (χ3n) is 4.49. The van der Waals surface area contributed by atoms with Crippen LogP contribution in [0.1, 0.15) is 25.0 Å². The van der Waals surface area contributed by atoms with E-state index in [1.165, 1.54) is 4.31 Å². The normalized spacial score (nSPS) is 16.3. The fourth-order valence-corrected chi connectivity index (χ4v) is 4.33. The van der Waals surface area contributed by atoms with Crippen molar-refractivity contribution in [3.8, 4) is 0 Å². The molecule has 1 aromatic rings. The maximum atomic E-state index is 12.8. The molecule has 8 nitrogen and oxygen atoms in total. The summed E-state index contributed by atoms with van der Waals surface area (Å²) in [5.41, 5.74) is 1.98. The van der Waals surface area contributed by atoms with Gasteiger partial charge in [-0.3, -0.25) is 15.0 Å². The average Bonchev–Trinajstić information content (AvgIpc) is 2.56. The number of imide groups is 1. The minimum absolute atomic E-state index is 0.0584. The minimum atomic E-state index is -3.54. The first-order valence-electron chi connectivity index (χ1n) is 8.99. The number of aryl methyl sites for hydroxylation is 2. The van der Waals surface area contributed by atoms with Gasteiger partial charge in [0.25, 0.3) is 0 Å². The smallest absolute Gasteiger partial charge is 0.321 e. The molecule has 0 spiro atoms. The van der Waals surface area contributed by atoms with Crippen molar-refractivity contribution in [1.82, 2.24) is 19.8 Å². The summed E-state index contributed by atoms with van der Waals surface area (Å²) in [6, 6.07) is 4.55. The quantitative estimate of drug-likeness (QED) is 0.769. The topological polar surface area (TPSA) is 98.8 Å². The lowest BCUT2D eigenvalue weighted by Crippen LogP contribution is -2.52. The SMILES string of the molecule is Cc1ccc(S(=O)(=O)N2CCN(CC(=O)NC(=O)NC(C)C)CC2)cc1C. The molecule has 2 N–H and O–H groups in total. The second kappa shape index (κ2) is 8.81. The summed E-state index contributed by atoms with van der Waals surface area (Å²) in [6.45, 7) is 8.98. The van der Waals surface area contributed by atoms with Crippen LogP contribution in [-0.2, 0) is 14.8 Å². The van der Waals surface area contributed by atoms with Gasteiger partial charge in [-0.1, -0.05) is 6.07 Å². The maximum Gasteiger partial charge on any atom is 0.321 e. The molecule has 3 amide bonds. The highest BCUT2D eigenvalue weighted by molar-refractivity contribution is 7.89. The lowest BCUT2D eigenvalue weighted by molar-refractivity contribution is -0.121.